The van der Waals surface area contributed by atoms with Gasteiger partial charge in [0.2, 0.25) is 0 Å². The molecule has 27 heavy (non-hydrogen) atoms. The Morgan fingerprint density at radius 2 is 1.89 bits per heavy atom. The van der Waals surface area contributed by atoms with Crippen molar-refractivity contribution in [2.45, 2.75) is 25.8 Å². The highest BCUT2D eigenvalue weighted by molar-refractivity contribution is 5.75. The van der Waals surface area contributed by atoms with Crippen LogP contribution in [0.3, 0.4) is 0 Å². The Morgan fingerprint density at radius 1 is 1.00 bits per heavy atom. The zero-order valence-electron chi connectivity index (χ0n) is 15.3. The predicted molar refractivity (Wildman–Crippen MR) is 108 cm³/mol. The summed E-state index contributed by atoms with van der Waals surface area (Å²) in [6.45, 7) is 3.08. The fraction of sp³-hybridized carbons (Fsp3) is 0.227. The first-order valence-electron chi connectivity index (χ1n) is 9.38. The fourth-order valence-corrected chi connectivity index (χ4v) is 3.88. The maximum Gasteiger partial charge on any atom is 0.148 e. The maximum atomic E-state index is 4.83. The monoisotopic (exact) mass is 355 g/mol. The van der Waals surface area contributed by atoms with E-state index in [0.717, 1.165) is 47.8 Å². The molecule has 3 heterocycles. The number of hydrogen-bond donors (Lipinski definition) is 1. The van der Waals surface area contributed by atoms with Crippen LogP contribution in [0.4, 0.5) is 5.82 Å². The van der Waals surface area contributed by atoms with Gasteiger partial charge >= 0.3 is 0 Å². The summed E-state index contributed by atoms with van der Waals surface area (Å²) >= 11 is 0. The summed E-state index contributed by atoms with van der Waals surface area (Å²) in [5.41, 5.74) is 5.34. The molecule has 0 bridgehead atoms. The quantitative estimate of drug-likeness (QED) is 0.580. The van der Waals surface area contributed by atoms with Crippen LogP contribution in [0.5, 0.6) is 0 Å². The van der Waals surface area contributed by atoms with Crippen molar-refractivity contribution in [1.82, 2.24) is 19.9 Å². The second-order valence-corrected chi connectivity index (χ2v) is 7.12. The minimum Gasteiger partial charge on any atom is -0.345 e. The largest absolute Gasteiger partial charge is 0.345 e. The van der Waals surface area contributed by atoms with E-state index in [1.165, 1.54) is 11.1 Å². The highest BCUT2D eigenvalue weighted by Gasteiger charge is 2.29. The Bertz CT molecular complexity index is 1100. The number of aryl methyl sites for hydroxylation is 1. The molecular weight excluding hydrogens is 334 g/mol. The second kappa shape index (κ2) is 6.50. The van der Waals surface area contributed by atoms with Gasteiger partial charge in [-0.3, -0.25) is 4.98 Å². The first kappa shape index (κ1) is 16.0. The molecule has 5 nitrogen and oxygen atoms in total. The molecule has 5 rings (SSSR count). The van der Waals surface area contributed by atoms with Crippen molar-refractivity contribution in [1.29, 1.82) is 0 Å². The van der Waals surface area contributed by atoms with Gasteiger partial charge in [-0.15, -0.1) is 0 Å². The third-order valence-electron chi connectivity index (χ3n) is 5.22. The predicted octanol–water partition coefficient (Wildman–Crippen LogP) is 4.67. The van der Waals surface area contributed by atoms with Gasteiger partial charge in [-0.1, -0.05) is 35.9 Å². The lowest BCUT2D eigenvalue weighted by atomic mass is 10.1. The van der Waals surface area contributed by atoms with E-state index in [0.29, 0.717) is 0 Å². The van der Waals surface area contributed by atoms with Crippen LogP contribution in [0.1, 0.15) is 30.3 Å². The summed E-state index contributed by atoms with van der Waals surface area (Å²) < 4.78 is 0. The van der Waals surface area contributed by atoms with Crippen molar-refractivity contribution in [2.24, 2.45) is 0 Å². The second-order valence-electron chi connectivity index (χ2n) is 7.12. The molecule has 0 radical (unpaired) electrons. The minimum atomic E-state index is 0.207. The zero-order valence-corrected chi connectivity index (χ0v) is 15.3. The third-order valence-corrected chi connectivity index (χ3v) is 5.22. The number of imidazole rings is 1. The molecule has 4 aromatic rings. The van der Waals surface area contributed by atoms with Crippen molar-refractivity contribution < 1.29 is 0 Å². The van der Waals surface area contributed by atoms with Gasteiger partial charge in [0.1, 0.15) is 11.6 Å². The molecule has 0 aliphatic carbocycles. The Balaban J connectivity index is 1.47. The number of rotatable bonds is 3. The zero-order chi connectivity index (χ0) is 18.2. The maximum absolute atomic E-state index is 4.83. The number of para-hydroxylation sites is 2. The Hall–Kier alpha value is -3.21. The smallest absolute Gasteiger partial charge is 0.148 e. The number of H-pyrrole nitrogens is 1. The molecule has 1 atom stereocenters. The standard InChI is InChI=1S/C22H21N5/c1-15-6-4-7-16(12-15)19-13-24-22(26-19)20-10-5-11-27(20)21-14-23-17-8-2-3-9-18(17)25-21/h2-4,6-9,12-14,20H,5,10-11H2,1H3,(H,24,26). The van der Waals surface area contributed by atoms with Crippen LogP contribution in [0.15, 0.2) is 60.9 Å². The molecule has 1 N–H and O–H groups in total. The number of aromatic amines is 1. The topological polar surface area (TPSA) is 57.7 Å². The fourth-order valence-electron chi connectivity index (χ4n) is 3.88. The van der Waals surface area contributed by atoms with Gasteiger partial charge < -0.3 is 9.88 Å². The first-order chi connectivity index (χ1) is 13.3. The van der Waals surface area contributed by atoms with E-state index in [2.05, 4.69) is 46.1 Å². The Morgan fingerprint density at radius 3 is 2.78 bits per heavy atom. The highest BCUT2D eigenvalue weighted by atomic mass is 15.3. The van der Waals surface area contributed by atoms with E-state index >= 15 is 0 Å². The van der Waals surface area contributed by atoms with Gasteiger partial charge in [0.15, 0.2) is 0 Å². The van der Waals surface area contributed by atoms with Gasteiger partial charge in [-0.05, 0) is 43.5 Å². The van der Waals surface area contributed by atoms with Gasteiger partial charge in [0.05, 0.1) is 35.2 Å². The van der Waals surface area contributed by atoms with E-state index < -0.39 is 0 Å². The Labute approximate surface area is 158 Å². The van der Waals surface area contributed by atoms with Crippen LogP contribution >= 0.6 is 0 Å². The Kier molecular flexibility index (Phi) is 3.85. The first-order valence-corrected chi connectivity index (χ1v) is 9.38. The lowest BCUT2D eigenvalue weighted by Crippen LogP contribution is -2.24. The van der Waals surface area contributed by atoms with Gasteiger partial charge in [-0.25, -0.2) is 9.97 Å². The van der Waals surface area contributed by atoms with Gasteiger partial charge in [-0.2, -0.15) is 0 Å². The normalized spacial score (nSPS) is 16.9. The summed E-state index contributed by atoms with van der Waals surface area (Å²) in [7, 11) is 0. The molecule has 0 spiro atoms. The molecule has 1 saturated heterocycles. The summed E-state index contributed by atoms with van der Waals surface area (Å²) in [4.78, 5) is 20.0. The number of nitrogens with zero attached hydrogens (tertiary/aromatic N) is 4. The average Bonchev–Trinajstić information content (AvgIpc) is 3.37. The van der Waals surface area contributed by atoms with Crippen molar-refractivity contribution in [3.8, 4) is 11.3 Å². The van der Waals surface area contributed by atoms with E-state index in [4.69, 9.17) is 9.97 Å². The molecule has 2 aromatic carbocycles. The van der Waals surface area contributed by atoms with E-state index in [1.807, 2.05) is 36.7 Å². The number of aromatic nitrogens is 4. The number of hydrogen-bond acceptors (Lipinski definition) is 4. The van der Waals surface area contributed by atoms with Crippen LogP contribution in [0.25, 0.3) is 22.3 Å². The molecule has 0 amide bonds. The number of anilines is 1. The molecule has 1 aliphatic heterocycles. The number of nitrogens with one attached hydrogen (secondary N) is 1. The van der Waals surface area contributed by atoms with Gasteiger partial charge in [0.25, 0.3) is 0 Å². The van der Waals surface area contributed by atoms with Crippen molar-refractivity contribution in [3.63, 3.8) is 0 Å². The van der Waals surface area contributed by atoms with Gasteiger partial charge in [0, 0.05) is 6.54 Å². The lowest BCUT2D eigenvalue weighted by Gasteiger charge is -2.24. The summed E-state index contributed by atoms with van der Waals surface area (Å²) in [5, 5.41) is 0. The van der Waals surface area contributed by atoms with Crippen LogP contribution in [-0.4, -0.2) is 26.5 Å². The summed E-state index contributed by atoms with van der Waals surface area (Å²) in [6, 6.07) is 16.7. The van der Waals surface area contributed by atoms with E-state index in [-0.39, 0.29) is 6.04 Å². The van der Waals surface area contributed by atoms with E-state index in [1.54, 1.807) is 0 Å². The van der Waals surface area contributed by atoms with Crippen LogP contribution < -0.4 is 4.90 Å². The number of fused-ring (bicyclic) bond motifs is 1. The lowest BCUT2D eigenvalue weighted by molar-refractivity contribution is 0.670. The third kappa shape index (κ3) is 2.95. The van der Waals surface area contributed by atoms with E-state index in [9.17, 15) is 0 Å². The SMILES string of the molecule is Cc1cccc(-c2cnc(C3CCCN3c3cnc4ccccc4n3)[nH]2)c1. The average molecular weight is 355 g/mol. The molecule has 5 heteroatoms. The van der Waals surface area contributed by atoms with Crippen LogP contribution in [-0.2, 0) is 0 Å². The molecule has 1 aliphatic rings. The molecule has 134 valence electrons. The van der Waals surface area contributed by atoms with Crippen LogP contribution in [0, 0.1) is 6.92 Å². The molecular formula is C22H21N5. The minimum absolute atomic E-state index is 0.207. The molecule has 2 aromatic heterocycles. The summed E-state index contributed by atoms with van der Waals surface area (Å²) in [6.07, 6.45) is 6.01. The van der Waals surface area contributed by atoms with Crippen molar-refractivity contribution in [2.75, 3.05) is 11.4 Å². The van der Waals surface area contributed by atoms with Crippen molar-refractivity contribution in [3.05, 3.63) is 72.3 Å². The summed E-state index contributed by atoms with van der Waals surface area (Å²) in [5.74, 6) is 1.92. The number of benzene rings is 2. The molecule has 1 unspecified atom stereocenters. The molecule has 0 saturated carbocycles. The van der Waals surface area contributed by atoms with Crippen LogP contribution in [0.2, 0.25) is 0 Å². The van der Waals surface area contributed by atoms with Crippen molar-refractivity contribution >= 4 is 16.9 Å². The highest BCUT2D eigenvalue weighted by Crippen LogP contribution is 2.35. The molecule has 1 fully saturated rings.